The summed E-state index contributed by atoms with van der Waals surface area (Å²) in [5.41, 5.74) is 3.44. The lowest BCUT2D eigenvalue weighted by molar-refractivity contribution is -0.116. The van der Waals surface area contributed by atoms with Crippen molar-refractivity contribution in [3.63, 3.8) is 0 Å². The molecule has 0 fully saturated rings. The van der Waals surface area contributed by atoms with Crippen LogP contribution in [0.4, 0.5) is 5.69 Å². The van der Waals surface area contributed by atoms with Crippen molar-refractivity contribution >= 4 is 34.1 Å². The first-order valence-corrected chi connectivity index (χ1v) is 9.14. The fraction of sp³-hybridized carbons (Fsp3) is 0.167. The molecule has 3 rings (SSSR count). The molecule has 0 aliphatic rings. The number of hydrogen-bond acceptors (Lipinski definition) is 3. The van der Waals surface area contributed by atoms with Gasteiger partial charge in [-0.1, -0.05) is 68.1 Å². The number of nitrogens with one attached hydrogen (secondary N) is 1. The van der Waals surface area contributed by atoms with Gasteiger partial charge < -0.3 is 5.32 Å². The van der Waals surface area contributed by atoms with E-state index in [1.54, 1.807) is 12.1 Å². The van der Waals surface area contributed by atoms with Gasteiger partial charge in [0.05, 0.1) is 6.54 Å². The number of fused-ring (bicyclic) bond motifs is 1. The molecule has 0 aromatic heterocycles. The number of benzene rings is 3. The van der Waals surface area contributed by atoms with Gasteiger partial charge in [0.2, 0.25) is 0 Å². The first-order chi connectivity index (χ1) is 13.1. The van der Waals surface area contributed by atoms with Crippen LogP contribution >= 0.6 is 0 Å². The van der Waals surface area contributed by atoms with E-state index in [0.717, 1.165) is 27.6 Å². The van der Waals surface area contributed by atoms with E-state index in [0.29, 0.717) is 18.4 Å². The number of carbonyl (C=O) groups is 2. The third kappa shape index (κ3) is 4.32. The van der Waals surface area contributed by atoms with Gasteiger partial charge in [-0.25, -0.2) is 0 Å². The zero-order valence-electron chi connectivity index (χ0n) is 15.5. The SMILES string of the molecule is C=Cc1c(CC(=O)CNc2cccc(C(=O)CC)c2)ccc2ccccc12. The molecule has 0 heterocycles. The molecule has 0 unspecified atom stereocenters. The zero-order chi connectivity index (χ0) is 19.2. The molecule has 136 valence electrons. The number of ketones is 2. The second-order valence-electron chi connectivity index (χ2n) is 6.49. The van der Waals surface area contributed by atoms with Gasteiger partial charge in [0.1, 0.15) is 0 Å². The van der Waals surface area contributed by atoms with Crippen molar-refractivity contribution in [1.82, 2.24) is 0 Å². The second-order valence-corrected chi connectivity index (χ2v) is 6.49. The summed E-state index contributed by atoms with van der Waals surface area (Å²) < 4.78 is 0. The lowest BCUT2D eigenvalue weighted by Gasteiger charge is -2.11. The highest BCUT2D eigenvalue weighted by Crippen LogP contribution is 2.24. The summed E-state index contributed by atoms with van der Waals surface area (Å²) in [6.07, 6.45) is 2.62. The van der Waals surface area contributed by atoms with E-state index < -0.39 is 0 Å². The van der Waals surface area contributed by atoms with E-state index in [1.165, 1.54) is 0 Å². The molecule has 0 bridgehead atoms. The Kier molecular flexibility index (Phi) is 5.82. The Bertz CT molecular complexity index is 1000. The van der Waals surface area contributed by atoms with Gasteiger partial charge in [-0.15, -0.1) is 0 Å². The molecule has 0 amide bonds. The van der Waals surface area contributed by atoms with E-state index in [-0.39, 0.29) is 18.1 Å². The first-order valence-electron chi connectivity index (χ1n) is 9.14. The first kappa shape index (κ1) is 18.6. The van der Waals surface area contributed by atoms with E-state index in [2.05, 4.69) is 24.0 Å². The Morgan fingerprint density at radius 1 is 1.04 bits per heavy atom. The molecule has 3 nitrogen and oxygen atoms in total. The highest BCUT2D eigenvalue weighted by Gasteiger charge is 2.10. The number of anilines is 1. The van der Waals surface area contributed by atoms with Crippen molar-refractivity contribution < 1.29 is 9.59 Å². The smallest absolute Gasteiger partial charge is 0.162 e. The molecule has 0 atom stereocenters. The Hall–Kier alpha value is -3.20. The standard InChI is InChI=1S/C24H23NO2/c1-3-22-18(13-12-17-8-5-6-11-23(17)22)15-21(26)16-25-20-10-7-9-19(14-20)24(27)4-2/h3,5-14,25H,1,4,15-16H2,2H3. The summed E-state index contributed by atoms with van der Waals surface area (Å²) in [6, 6.07) is 19.4. The van der Waals surface area contributed by atoms with Crippen molar-refractivity contribution in [2.75, 3.05) is 11.9 Å². The van der Waals surface area contributed by atoms with Crippen LogP contribution in [-0.4, -0.2) is 18.1 Å². The van der Waals surface area contributed by atoms with Crippen LogP contribution < -0.4 is 5.32 Å². The lowest BCUT2D eigenvalue weighted by atomic mass is 9.96. The van der Waals surface area contributed by atoms with Crippen molar-refractivity contribution in [3.8, 4) is 0 Å². The minimum absolute atomic E-state index is 0.0839. The summed E-state index contributed by atoms with van der Waals surface area (Å²) in [5, 5.41) is 5.38. The minimum atomic E-state index is 0.0839. The quantitative estimate of drug-likeness (QED) is 0.557. The molecule has 3 aromatic rings. The Balaban J connectivity index is 1.71. The van der Waals surface area contributed by atoms with E-state index in [4.69, 9.17) is 0 Å². The van der Waals surface area contributed by atoms with Crippen LogP contribution in [0.5, 0.6) is 0 Å². The van der Waals surface area contributed by atoms with Crippen molar-refractivity contribution in [2.45, 2.75) is 19.8 Å². The predicted molar refractivity (Wildman–Crippen MR) is 112 cm³/mol. The van der Waals surface area contributed by atoms with Gasteiger partial charge >= 0.3 is 0 Å². The number of hydrogen-bond donors (Lipinski definition) is 1. The Morgan fingerprint density at radius 3 is 2.63 bits per heavy atom. The fourth-order valence-electron chi connectivity index (χ4n) is 3.22. The molecule has 0 spiro atoms. The molecule has 3 heteroatoms. The Morgan fingerprint density at radius 2 is 1.85 bits per heavy atom. The van der Waals surface area contributed by atoms with Crippen LogP contribution in [0.1, 0.15) is 34.8 Å². The molecule has 0 saturated heterocycles. The van der Waals surface area contributed by atoms with Crippen molar-refractivity contribution in [1.29, 1.82) is 0 Å². The summed E-state index contributed by atoms with van der Waals surface area (Å²) in [6.45, 7) is 5.97. The molecule has 27 heavy (non-hydrogen) atoms. The van der Waals surface area contributed by atoms with Crippen LogP contribution in [0.2, 0.25) is 0 Å². The third-order valence-corrected chi connectivity index (χ3v) is 4.65. The molecule has 0 radical (unpaired) electrons. The number of rotatable bonds is 8. The molecular formula is C24H23NO2. The van der Waals surface area contributed by atoms with Gasteiger partial charge in [-0.3, -0.25) is 9.59 Å². The Labute approximate surface area is 159 Å². The summed E-state index contributed by atoms with van der Waals surface area (Å²) >= 11 is 0. The van der Waals surface area contributed by atoms with E-state index in [1.807, 2.05) is 49.4 Å². The number of carbonyl (C=O) groups excluding carboxylic acids is 2. The third-order valence-electron chi connectivity index (χ3n) is 4.65. The molecule has 1 N–H and O–H groups in total. The van der Waals surface area contributed by atoms with Gasteiger partial charge in [-0.05, 0) is 34.0 Å². The normalized spacial score (nSPS) is 10.6. The highest BCUT2D eigenvalue weighted by atomic mass is 16.1. The molecule has 0 aliphatic heterocycles. The average molecular weight is 357 g/mol. The fourth-order valence-corrected chi connectivity index (χ4v) is 3.22. The average Bonchev–Trinajstić information content (AvgIpc) is 2.71. The molecular weight excluding hydrogens is 334 g/mol. The maximum absolute atomic E-state index is 12.5. The van der Waals surface area contributed by atoms with E-state index in [9.17, 15) is 9.59 Å². The van der Waals surface area contributed by atoms with Crippen molar-refractivity contribution in [3.05, 3.63) is 83.9 Å². The maximum Gasteiger partial charge on any atom is 0.162 e. The van der Waals surface area contributed by atoms with Crippen LogP contribution in [-0.2, 0) is 11.2 Å². The van der Waals surface area contributed by atoms with Gasteiger partial charge in [-0.2, -0.15) is 0 Å². The van der Waals surface area contributed by atoms with Crippen molar-refractivity contribution in [2.24, 2.45) is 0 Å². The lowest BCUT2D eigenvalue weighted by Crippen LogP contribution is -2.16. The summed E-state index contributed by atoms with van der Waals surface area (Å²) in [4.78, 5) is 24.3. The highest BCUT2D eigenvalue weighted by molar-refractivity contribution is 5.97. The maximum atomic E-state index is 12.5. The summed E-state index contributed by atoms with van der Waals surface area (Å²) in [7, 11) is 0. The van der Waals surface area contributed by atoms with Gasteiger partial charge in [0.15, 0.2) is 11.6 Å². The van der Waals surface area contributed by atoms with E-state index >= 15 is 0 Å². The van der Waals surface area contributed by atoms with Crippen LogP contribution in [0.3, 0.4) is 0 Å². The topological polar surface area (TPSA) is 46.2 Å². The van der Waals surface area contributed by atoms with Crippen LogP contribution in [0, 0.1) is 0 Å². The largest absolute Gasteiger partial charge is 0.378 e. The monoisotopic (exact) mass is 357 g/mol. The van der Waals surface area contributed by atoms with Gasteiger partial charge in [0.25, 0.3) is 0 Å². The van der Waals surface area contributed by atoms with Crippen LogP contribution in [0.15, 0.2) is 67.2 Å². The minimum Gasteiger partial charge on any atom is -0.378 e. The van der Waals surface area contributed by atoms with Crippen LogP contribution in [0.25, 0.3) is 16.8 Å². The molecule has 3 aromatic carbocycles. The molecule has 0 saturated carbocycles. The summed E-state index contributed by atoms with van der Waals surface area (Å²) in [5.74, 6) is 0.178. The number of Topliss-reactive ketones (excluding diaryl/α,β-unsaturated/α-hetero) is 2. The second kappa shape index (κ2) is 8.45. The molecule has 0 aliphatic carbocycles. The zero-order valence-corrected chi connectivity index (χ0v) is 15.5. The van der Waals surface area contributed by atoms with Gasteiger partial charge in [0, 0.05) is 24.1 Å². The predicted octanol–water partition coefficient (Wildman–Crippen LogP) is 5.30.